The van der Waals surface area contributed by atoms with E-state index in [4.69, 9.17) is 19.3 Å². The number of allylic oxidation sites excluding steroid dienone is 1. The highest BCUT2D eigenvalue weighted by Gasteiger charge is 2.35. The van der Waals surface area contributed by atoms with Crippen molar-refractivity contribution in [1.29, 1.82) is 0 Å². The van der Waals surface area contributed by atoms with Gasteiger partial charge in [0.15, 0.2) is 0 Å². The van der Waals surface area contributed by atoms with Crippen molar-refractivity contribution in [2.75, 3.05) is 39.5 Å². The molecule has 2 rings (SSSR count). The third kappa shape index (κ3) is 11.6. The second-order valence-corrected chi connectivity index (χ2v) is 9.35. The quantitative estimate of drug-likeness (QED) is 0.141. The highest BCUT2D eigenvalue weighted by Crippen LogP contribution is 2.23. The van der Waals surface area contributed by atoms with E-state index in [1.165, 1.54) is 6.08 Å². The van der Waals surface area contributed by atoms with Gasteiger partial charge in [0.05, 0.1) is 31.8 Å². The molecule has 1 saturated heterocycles. The zero-order chi connectivity index (χ0) is 29.2. The summed E-state index contributed by atoms with van der Waals surface area (Å²) in [5.74, 6) is -1.73. The lowest BCUT2D eigenvalue weighted by Crippen LogP contribution is -2.45. The highest BCUT2D eigenvalue weighted by atomic mass is 16.6. The molecule has 0 saturated carbocycles. The molecule has 0 spiro atoms. The standard InChI is InChI=1S/C29H41N3O8/c1-3-9-23(19-26(34)30-14-17-38-18-16-33)27(35)32-15-8-13-24(32)21-39-28(36)25(10-4-2)31-29(37)40-20-22-11-6-5-7-12-22/h3-7,11-12,23-25,33H,1-2,8-10,13-21H2,(H,30,34)(H,31,37). The maximum absolute atomic E-state index is 13.3. The number of amides is 3. The molecule has 1 fully saturated rings. The number of hydrogen-bond donors (Lipinski definition) is 3. The largest absolute Gasteiger partial charge is 0.462 e. The average Bonchev–Trinajstić information content (AvgIpc) is 3.43. The molecule has 0 aliphatic carbocycles. The average molecular weight is 560 g/mol. The van der Waals surface area contributed by atoms with Crippen LogP contribution >= 0.6 is 0 Å². The topological polar surface area (TPSA) is 143 Å². The Morgan fingerprint density at radius 3 is 2.52 bits per heavy atom. The van der Waals surface area contributed by atoms with Crippen molar-refractivity contribution in [3.8, 4) is 0 Å². The first-order chi connectivity index (χ1) is 19.4. The van der Waals surface area contributed by atoms with Crippen LogP contribution in [0, 0.1) is 5.92 Å². The van der Waals surface area contributed by atoms with Gasteiger partial charge in [-0.25, -0.2) is 9.59 Å². The van der Waals surface area contributed by atoms with Crippen LogP contribution in [0.5, 0.6) is 0 Å². The van der Waals surface area contributed by atoms with Crippen LogP contribution in [-0.4, -0.2) is 85.5 Å². The van der Waals surface area contributed by atoms with E-state index in [0.717, 1.165) is 12.0 Å². The second-order valence-electron chi connectivity index (χ2n) is 9.35. The van der Waals surface area contributed by atoms with Gasteiger partial charge in [0.25, 0.3) is 0 Å². The fourth-order valence-electron chi connectivity index (χ4n) is 4.30. The van der Waals surface area contributed by atoms with Gasteiger partial charge in [-0.2, -0.15) is 0 Å². The number of likely N-dealkylation sites (tertiary alicyclic amines) is 1. The molecular formula is C29H41N3O8. The van der Waals surface area contributed by atoms with E-state index in [2.05, 4.69) is 23.8 Å². The number of nitrogens with zero attached hydrogens (tertiary/aromatic N) is 1. The number of ether oxygens (including phenoxy) is 3. The fraction of sp³-hybridized carbons (Fsp3) is 0.517. The summed E-state index contributed by atoms with van der Waals surface area (Å²) in [4.78, 5) is 52.4. The third-order valence-electron chi connectivity index (χ3n) is 6.31. The zero-order valence-electron chi connectivity index (χ0n) is 22.9. The number of benzene rings is 1. The lowest BCUT2D eigenvalue weighted by atomic mass is 9.98. The number of rotatable bonds is 18. The summed E-state index contributed by atoms with van der Waals surface area (Å²) in [5.41, 5.74) is 0.811. The van der Waals surface area contributed by atoms with Gasteiger partial charge in [0, 0.05) is 19.5 Å². The van der Waals surface area contributed by atoms with E-state index in [-0.39, 0.29) is 70.3 Å². The maximum Gasteiger partial charge on any atom is 0.408 e. The van der Waals surface area contributed by atoms with E-state index in [9.17, 15) is 19.2 Å². The van der Waals surface area contributed by atoms with Gasteiger partial charge in [-0.1, -0.05) is 42.5 Å². The summed E-state index contributed by atoms with van der Waals surface area (Å²) < 4.78 is 15.8. The van der Waals surface area contributed by atoms with Gasteiger partial charge in [0.2, 0.25) is 11.8 Å². The summed E-state index contributed by atoms with van der Waals surface area (Å²) >= 11 is 0. The van der Waals surface area contributed by atoms with Crippen molar-refractivity contribution < 1.29 is 38.5 Å². The second kappa shape index (κ2) is 18.6. The monoisotopic (exact) mass is 559 g/mol. The number of aliphatic hydroxyl groups excluding tert-OH is 1. The Balaban J connectivity index is 1.87. The molecule has 3 amide bonds. The Morgan fingerprint density at radius 1 is 1.07 bits per heavy atom. The molecule has 40 heavy (non-hydrogen) atoms. The first-order valence-electron chi connectivity index (χ1n) is 13.5. The van der Waals surface area contributed by atoms with Gasteiger partial charge in [-0.15, -0.1) is 13.2 Å². The summed E-state index contributed by atoms with van der Waals surface area (Å²) in [6.07, 6.45) is 4.20. The van der Waals surface area contributed by atoms with Crippen LogP contribution in [0.1, 0.15) is 37.7 Å². The molecule has 1 aromatic carbocycles. The summed E-state index contributed by atoms with van der Waals surface area (Å²) in [7, 11) is 0. The maximum atomic E-state index is 13.3. The van der Waals surface area contributed by atoms with Crippen LogP contribution in [0.15, 0.2) is 55.6 Å². The molecule has 0 bridgehead atoms. The third-order valence-corrected chi connectivity index (χ3v) is 6.31. The summed E-state index contributed by atoms with van der Waals surface area (Å²) in [6, 6.07) is 7.84. The molecule has 3 unspecified atom stereocenters. The van der Waals surface area contributed by atoms with E-state index < -0.39 is 24.0 Å². The predicted octanol–water partition coefficient (Wildman–Crippen LogP) is 2.10. The Labute approximate surface area is 235 Å². The molecule has 11 heteroatoms. The van der Waals surface area contributed by atoms with E-state index in [0.29, 0.717) is 19.4 Å². The number of esters is 1. The van der Waals surface area contributed by atoms with Gasteiger partial charge < -0.3 is 34.9 Å². The van der Waals surface area contributed by atoms with Crippen LogP contribution in [0.2, 0.25) is 0 Å². The number of carbonyl (C=O) groups excluding carboxylic acids is 4. The van der Waals surface area contributed by atoms with Crippen molar-refractivity contribution in [2.45, 2.75) is 50.8 Å². The molecule has 1 heterocycles. The molecule has 3 N–H and O–H groups in total. The van der Waals surface area contributed by atoms with Crippen molar-refractivity contribution in [3.63, 3.8) is 0 Å². The van der Waals surface area contributed by atoms with Crippen LogP contribution in [0.4, 0.5) is 4.79 Å². The molecule has 1 aliphatic rings. The number of alkyl carbamates (subject to hydrolysis) is 1. The van der Waals surface area contributed by atoms with Crippen molar-refractivity contribution in [2.24, 2.45) is 5.92 Å². The van der Waals surface area contributed by atoms with Crippen LogP contribution in [0.3, 0.4) is 0 Å². The van der Waals surface area contributed by atoms with Crippen LogP contribution in [-0.2, 0) is 35.2 Å². The van der Waals surface area contributed by atoms with Crippen molar-refractivity contribution >= 4 is 23.9 Å². The van der Waals surface area contributed by atoms with Crippen LogP contribution < -0.4 is 10.6 Å². The lowest BCUT2D eigenvalue weighted by molar-refractivity contribution is -0.150. The Morgan fingerprint density at radius 2 is 1.82 bits per heavy atom. The molecule has 0 radical (unpaired) electrons. The smallest absolute Gasteiger partial charge is 0.408 e. The number of aliphatic hydroxyl groups is 1. The molecule has 220 valence electrons. The van der Waals surface area contributed by atoms with Gasteiger partial charge >= 0.3 is 12.1 Å². The molecular weight excluding hydrogens is 518 g/mol. The lowest BCUT2D eigenvalue weighted by Gasteiger charge is -2.28. The number of nitrogens with one attached hydrogen (secondary N) is 2. The molecule has 11 nitrogen and oxygen atoms in total. The van der Waals surface area contributed by atoms with Gasteiger partial charge in [-0.3, -0.25) is 9.59 Å². The first-order valence-corrected chi connectivity index (χ1v) is 13.5. The summed E-state index contributed by atoms with van der Waals surface area (Å²) in [5, 5.41) is 14.0. The molecule has 3 atom stereocenters. The number of carbonyl (C=O) groups is 4. The van der Waals surface area contributed by atoms with E-state index in [1.54, 1.807) is 11.0 Å². The van der Waals surface area contributed by atoms with E-state index in [1.807, 2.05) is 30.3 Å². The molecule has 0 aromatic heterocycles. The minimum Gasteiger partial charge on any atom is -0.462 e. The highest BCUT2D eigenvalue weighted by molar-refractivity contribution is 5.86. The first kappa shape index (κ1) is 32.5. The fourth-order valence-corrected chi connectivity index (χ4v) is 4.30. The van der Waals surface area contributed by atoms with Gasteiger partial charge in [-0.05, 0) is 31.2 Å². The summed E-state index contributed by atoms with van der Waals surface area (Å²) in [6.45, 7) is 8.50. The minimum absolute atomic E-state index is 0.00964. The number of hydrogen-bond acceptors (Lipinski definition) is 8. The Hall–Kier alpha value is -3.70. The van der Waals surface area contributed by atoms with Crippen molar-refractivity contribution in [3.05, 3.63) is 61.2 Å². The SMILES string of the molecule is C=CCC(CC(=O)NCCOCCO)C(=O)N1CCCC1COC(=O)C(CC=C)NC(=O)OCc1ccccc1. The van der Waals surface area contributed by atoms with Crippen molar-refractivity contribution in [1.82, 2.24) is 15.5 Å². The normalized spacial score (nSPS) is 15.9. The van der Waals surface area contributed by atoms with Crippen LogP contribution in [0.25, 0.3) is 0 Å². The Bertz CT molecular complexity index is 971. The molecule has 1 aliphatic heterocycles. The predicted molar refractivity (Wildman–Crippen MR) is 148 cm³/mol. The minimum atomic E-state index is -0.982. The molecule has 1 aromatic rings. The zero-order valence-corrected chi connectivity index (χ0v) is 22.9. The van der Waals surface area contributed by atoms with Gasteiger partial charge in [0.1, 0.15) is 19.3 Å². The van der Waals surface area contributed by atoms with E-state index >= 15 is 0 Å². The Kier molecular flexibility index (Phi) is 15.1.